The van der Waals surface area contributed by atoms with Gasteiger partial charge in [0.25, 0.3) is 0 Å². The van der Waals surface area contributed by atoms with E-state index in [9.17, 15) is 4.79 Å². The molecule has 1 fully saturated rings. The van der Waals surface area contributed by atoms with Crippen LogP contribution in [-0.2, 0) is 10.3 Å². The van der Waals surface area contributed by atoms with Crippen LogP contribution >= 0.6 is 0 Å². The number of aromatic nitrogens is 2. The molecule has 2 aromatic heterocycles. The van der Waals surface area contributed by atoms with Crippen LogP contribution in [0.15, 0.2) is 18.5 Å². The Kier molecular flexibility index (Phi) is 4.17. The number of ether oxygens (including phenoxy) is 1. The molecule has 1 saturated heterocycles. The summed E-state index contributed by atoms with van der Waals surface area (Å²) in [5.41, 5.74) is 7.67. The van der Waals surface area contributed by atoms with Crippen molar-refractivity contribution in [3.63, 3.8) is 0 Å². The first-order valence-corrected chi connectivity index (χ1v) is 8.28. The van der Waals surface area contributed by atoms with Gasteiger partial charge >= 0.3 is 0 Å². The highest BCUT2D eigenvalue weighted by molar-refractivity contribution is 5.89. The zero-order valence-corrected chi connectivity index (χ0v) is 14.7. The number of rotatable bonds is 4. The minimum atomic E-state index is -0.502. The second-order valence-electron chi connectivity index (χ2n) is 6.96. The van der Waals surface area contributed by atoms with Crippen molar-refractivity contribution in [1.29, 1.82) is 0 Å². The minimum absolute atomic E-state index is 0.0192. The zero-order chi connectivity index (χ0) is 17.5. The standard InChI is InChI=1S/C18H24N4O2/c1-5-16(23)22-9-12(10-22)24-17-14-7-20-11(2)6-13(14)15(8-21-17)18(3,4)19/h6-8,12H,5,9-10,19H2,1-4H3. The lowest BCUT2D eigenvalue weighted by Gasteiger charge is -2.38. The lowest BCUT2D eigenvalue weighted by molar-refractivity contribution is -0.139. The molecule has 0 atom stereocenters. The first kappa shape index (κ1) is 16.6. The van der Waals surface area contributed by atoms with Gasteiger partial charge in [0.05, 0.1) is 18.5 Å². The molecule has 2 N–H and O–H groups in total. The maximum atomic E-state index is 11.6. The van der Waals surface area contributed by atoms with E-state index in [0.29, 0.717) is 25.4 Å². The number of pyridine rings is 2. The van der Waals surface area contributed by atoms with Crippen LogP contribution in [-0.4, -0.2) is 40.0 Å². The van der Waals surface area contributed by atoms with Gasteiger partial charge in [-0.15, -0.1) is 0 Å². The van der Waals surface area contributed by atoms with Gasteiger partial charge in [-0.25, -0.2) is 4.98 Å². The van der Waals surface area contributed by atoms with E-state index in [1.165, 1.54) is 0 Å². The molecule has 6 heteroatoms. The Morgan fingerprint density at radius 3 is 2.67 bits per heavy atom. The average molecular weight is 328 g/mol. The SMILES string of the molecule is CCC(=O)N1CC(Oc2ncc(C(C)(C)N)c3cc(C)ncc23)C1. The molecule has 3 rings (SSSR count). The van der Waals surface area contributed by atoms with Crippen molar-refractivity contribution in [2.75, 3.05) is 13.1 Å². The molecule has 1 aliphatic heterocycles. The van der Waals surface area contributed by atoms with E-state index in [4.69, 9.17) is 10.5 Å². The smallest absolute Gasteiger partial charge is 0.223 e. The van der Waals surface area contributed by atoms with Crippen LogP contribution in [0.2, 0.25) is 0 Å². The number of hydrogen-bond donors (Lipinski definition) is 1. The van der Waals surface area contributed by atoms with Gasteiger partial charge in [0, 0.05) is 30.0 Å². The average Bonchev–Trinajstić information content (AvgIpc) is 2.48. The Morgan fingerprint density at radius 1 is 1.33 bits per heavy atom. The molecule has 128 valence electrons. The highest BCUT2D eigenvalue weighted by Gasteiger charge is 2.32. The van der Waals surface area contributed by atoms with Gasteiger partial charge < -0.3 is 15.4 Å². The van der Waals surface area contributed by atoms with Crippen LogP contribution in [0, 0.1) is 6.92 Å². The van der Waals surface area contributed by atoms with Gasteiger partial charge in [-0.1, -0.05) is 6.92 Å². The zero-order valence-electron chi connectivity index (χ0n) is 14.7. The van der Waals surface area contributed by atoms with E-state index >= 15 is 0 Å². The first-order valence-electron chi connectivity index (χ1n) is 8.28. The fraction of sp³-hybridized carbons (Fsp3) is 0.500. The maximum Gasteiger partial charge on any atom is 0.223 e. The number of aryl methyl sites for hydroxylation is 1. The molecular weight excluding hydrogens is 304 g/mol. The van der Waals surface area contributed by atoms with Gasteiger partial charge in [0.15, 0.2) is 0 Å². The fourth-order valence-electron chi connectivity index (χ4n) is 2.92. The number of amides is 1. The van der Waals surface area contributed by atoms with E-state index in [-0.39, 0.29) is 12.0 Å². The number of hydrogen-bond acceptors (Lipinski definition) is 5. The van der Waals surface area contributed by atoms with Gasteiger partial charge in [0.1, 0.15) is 6.10 Å². The number of carbonyl (C=O) groups excluding carboxylic acids is 1. The van der Waals surface area contributed by atoms with Crippen LogP contribution in [0.1, 0.15) is 38.4 Å². The van der Waals surface area contributed by atoms with E-state index in [2.05, 4.69) is 9.97 Å². The lowest BCUT2D eigenvalue weighted by Crippen LogP contribution is -2.56. The minimum Gasteiger partial charge on any atom is -0.470 e. The molecule has 0 aliphatic carbocycles. The third-order valence-electron chi connectivity index (χ3n) is 4.35. The number of nitrogens with two attached hydrogens (primary N) is 1. The Labute approximate surface area is 142 Å². The van der Waals surface area contributed by atoms with Gasteiger partial charge in [-0.3, -0.25) is 9.78 Å². The summed E-state index contributed by atoms with van der Waals surface area (Å²) in [5, 5.41) is 1.87. The molecular formula is C18H24N4O2. The topological polar surface area (TPSA) is 81.3 Å². The molecule has 0 spiro atoms. The second kappa shape index (κ2) is 6.02. The predicted molar refractivity (Wildman–Crippen MR) is 92.8 cm³/mol. The lowest BCUT2D eigenvalue weighted by atomic mass is 9.93. The van der Waals surface area contributed by atoms with Gasteiger partial charge in [-0.2, -0.15) is 0 Å². The number of nitrogens with zero attached hydrogens (tertiary/aromatic N) is 3. The number of likely N-dealkylation sites (tertiary alicyclic amines) is 1. The molecule has 0 saturated carbocycles. The molecule has 0 radical (unpaired) electrons. The molecule has 3 heterocycles. The summed E-state index contributed by atoms with van der Waals surface area (Å²) in [6.07, 6.45) is 4.08. The summed E-state index contributed by atoms with van der Waals surface area (Å²) >= 11 is 0. The highest BCUT2D eigenvalue weighted by Crippen LogP contribution is 2.32. The van der Waals surface area contributed by atoms with Crippen LogP contribution in [0.25, 0.3) is 10.8 Å². The van der Waals surface area contributed by atoms with Crippen molar-refractivity contribution in [2.45, 2.75) is 45.8 Å². The quantitative estimate of drug-likeness (QED) is 0.930. The van der Waals surface area contributed by atoms with Crippen LogP contribution < -0.4 is 10.5 Å². The molecule has 0 bridgehead atoms. The molecule has 0 unspecified atom stereocenters. The van der Waals surface area contributed by atoms with Crippen LogP contribution in [0.3, 0.4) is 0 Å². The number of carbonyl (C=O) groups is 1. The van der Waals surface area contributed by atoms with Crippen molar-refractivity contribution < 1.29 is 9.53 Å². The maximum absolute atomic E-state index is 11.6. The van der Waals surface area contributed by atoms with E-state index in [1.54, 1.807) is 17.3 Å². The predicted octanol–water partition coefficient (Wildman–Crippen LogP) is 2.13. The van der Waals surface area contributed by atoms with E-state index in [0.717, 1.165) is 22.0 Å². The Bertz CT molecular complexity index is 776. The third-order valence-corrected chi connectivity index (χ3v) is 4.35. The fourth-order valence-corrected chi connectivity index (χ4v) is 2.92. The van der Waals surface area contributed by atoms with Crippen molar-refractivity contribution >= 4 is 16.7 Å². The third kappa shape index (κ3) is 3.06. The Hall–Kier alpha value is -2.21. The summed E-state index contributed by atoms with van der Waals surface area (Å²) < 4.78 is 6.01. The molecule has 24 heavy (non-hydrogen) atoms. The van der Waals surface area contributed by atoms with Crippen molar-refractivity contribution in [2.24, 2.45) is 5.73 Å². The molecule has 6 nitrogen and oxygen atoms in total. The van der Waals surface area contributed by atoms with Crippen LogP contribution in [0.5, 0.6) is 5.88 Å². The van der Waals surface area contributed by atoms with Gasteiger partial charge in [0.2, 0.25) is 11.8 Å². The summed E-state index contributed by atoms with van der Waals surface area (Å²) in [6.45, 7) is 8.96. The second-order valence-corrected chi connectivity index (χ2v) is 6.96. The summed E-state index contributed by atoms with van der Waals surface area (Å²) in [7, 11) is 0. The van der Waals surface area contributed by atoms with Crippen molar-refractivity contribution in [3.8, 4) is 5.88 Å². The molecule has 1 aliphatic rings. The van der Waals surface area contributed by atoms with Gasteiger partial charge in [-0.05, 0) is 37.8 Å². The van der Waals surface area contributed by atoms with Crippen molar-refractivity contribution in [1.82, 2.24) is 14.9 Å². The van der Waals surface area contributed by atoms with Crippen molar-refractivity contribution in [3.05, 3.63) is 29.7 Å². The first-order chi connectivity index (χ1) is 11.3. The Balaban J connectivity index is 1.89. The summed E-state index contributed by atoms with van der Waals surface area (Å²) in [5.74, 6) is 0.712. The summed E-state index contributed by atoms with van der Waals surface area (Å²) in [6, 6.07) is 2.02. The highest BCUT2D eigenvalue weighted by atomic mass is 16.5. The monoisotopic (exact) mass is 328 g/mol. The Morgan fingerprint density at radius 2 is 2.04 bits per heavy atom. The molecule has 2 aromatic rings. The summed E-state index contributed by atoms with van der Waals surface area (Å²) in [4.78, 5) is 22.3. The van der Waals surface area contributed by atoms with E-state index in [1.807, 2.05) is 33.8 Å². The van der Waals surface area contributed by atoms with Crippen LogP contribution in [0.4, 0.5) is 0 Å². The molecule has 1 amide bonds. The largest absolute Gasteiger partial charge is 0.470 e. The number of fused-ring (bicyclic) bond motifs is 1. The normalized spacial score (nSPS) is 15.5. The molecule has 0 aromatic carbocycles. The van der Waals surface area contributed by atoms with E-state index < -0.39 is 5.54 Å².